The molecular formula is C6H9BO3. The van der Waals surface area contributed by atoms with E-state index in [0.717, 1.165) is 0 Å². The van der Waals surface area contributed by atoms with Gasteiger partial charge in [-0.2, -0.15) is 0 Å². The molecule has 0 aliphatic carbocycles. The summed E-state index contributed by atoms with van der Waals surface area (Å²) in [6, 6.07) is 0. The minimum Gasteiger partial charge on any atom is -0.423 e. The van der Waals surface area contributed by atoms with Crippen LogP contribution in [-0.2, 0) is 4.65 Å². The lowest BCUT2D eigenvalue weighted by Crippen LogP contribution is -2.15. The summed E-state index contributed by atoms with van der Waals surface area (Å²) < 4.78 is 4.62. The molecule has 54 valence electrons. The molecule has 0 aromatic rings. The van der Waals surface area contributed by atoms with E-state index in [4.69, 9.17) is 10.1 Å². The third-order valence-corrected chi connectivity index (χ3v) is 1.35. The van der Waals surface area contributed by atoms with Crippen molar-refractivity contribution in [2.24, 2.45) is 0 Å². The average Bonchev–Trinajstić information content (AvgIpc) is 2.13. The van der Waals surface area contributed by atoms with Gasteiger partial charge in [0.2, 0.25) is 0 Å². The fraction of sp³-hybridized carbons (Fsp3) is 0.333. The summed E-state index contributed by atoms with van der Waals surface area (Å²) >= 11 is 0. The smallest absolute Gasteiger partial charge is 0.423 e. The first kappa shape index (κ1) is 7.53. The van der Waals surface area contributed by atoms with Gasteiger partial charge >= 0.3 is 7.12 Å². The Morgan fingerprint density at radius 3 is 2.90 bits per heavy atom. The van der Waals surface area contributed by atoms with E-state index in [9.17, 15) is 0 Å². The van der Waals surface area contributed by atoms with Gasteiger partial charge in [0.25, 0.3) is 0 Å². The predicted octanol–water partition coefficient (Wildman–Crippen LogP) is -0.143. The van der Waals surface area contributed by atoms with Gasteiger partial charge in [-0.05, 0) is 5.47 Å². The molecule has 0 bridgehead atoms. The average molecular weight is 140 g/mol. The van der Waals surface area contributed by atoms with Crippen molar-refractivity contribution in [1.82, 2.24) is 0 Å². The molecule has 3 nitrogen and oxygen atoms in total. The van der Waals surface area contributed by atoms with Crippen LogP contribution in [0.2, 0.25) is 0 Å². The SMILES string of the molecule is C=C/C=C1\CC(O)OB1O. The zero-order valence-corrected chi connectivity index (χ0v) is 5.53. The topological polar surface area (TPSA) is 49.7 Å². The van der Waals surface area contributed by atoms with Crippen molar-refractivity contribution in [3.63, 3.8) is 0 Å². The van der Waals surface area contributed by atoms with Gasteiger partial charge in [0, 0.05) is 6.42 Å². The summed E-state index contributed by atoms with van der Waals surface area (Å²) in [5, 5.41) is 17.8. The van der Waals surface area contributed by atoms with Crippen LogP contribution in [-0.4, -0.2) is 23.5 Å². The summed E-state index contributed by atoms with van der Waals surface area (Å²) in [5.74, 6) is 0. The third kappa shape index (κ3) is 1.47. The molecule has 1 atom stereocenters. The number of aliphatic hydroxyl groups excluding tert-OH is 1. The van der Waals surface area contributed by atoms with E-state index in [-0.39, 0.29) is 0 Å². The number of hydrogen-bond acceptors (Lipinski definition) is 3. The van der Waals surface area contributed by atoms with Crippen LogP contribution in [0.15, 0.2) is 24.2 Å². The Balaban J connectivity index is 2.62. The van der Waals surface area contributed by atoms with Gasteiger partial charge < -0.3 is 14.8 Å². The Morgan fingerprint density at radius 2 is 2.50 bits per heavy atom. The molecule has 0 radical (unpaired) electrons. The zero-order chi connectivity index (χ0) is 7.56. The Labute approximate surface area is 59.8 Å². The lowest BCUT2D eigenvalue weighted by Gasteiger charge is -1.96. The monoisotopic (exact) mass is 140 g/mol. The lowest BCUT2D eigenvalue weighted by molar-refractivity contribution is -0.0102. The van der Waals surface area contributed by atoms with Crippen LogP contribution in [0.1, 0.15) is 6.42 Å². The van der Waals surface area contributed by atoms with E-state index in [1.807, 2.05) is 0 Å². The van der Waals surface area contributed by atoms with Crippen LogP contribution in [0.5, 0.6) is 0 Å². The fourth-order valence-electron chi connectivity index (χ4n) is 0.888. The quantitative estimate of drug-likeness (QED) is 0.498. The van der Waals surface area contributed by atoms with Crippen LogP contribution in [0, 0.1) is 0 Å². The molecular weight excluding hydrogens is 131 g/mol. The summed E-state index contributed by atoms with van der Waals surface area (Å²) in [6.45, 7) is 3.46. The van der Waals surface area contributed by atoms with E-state index < -0.39 is 13.4 Å². The maximum atomic E-state index is 8.99. The first-order chi connectivity index (χ1) is 4.74. The molecule has 1 rings (SSSR count). The molecule has 0 aromatic carbocycles. The van der Waals surface area contributed by atoms with Crippen LogP contribution in [0.4, 0.5) is 0 Å². The largest absolute Gasteiger partial charge is 0.488 e. The Morgan fingerprint density at radius 1 is 1.80 bits per heavy atom. The second-order valence-electron chi connectivity index (χ2n) is 2.12. The maximum absolute atomic E-state index is 8.99. The Bertz CT molecular complexity index is 166. The van der Waals surface area contributed by atoms with Gasteiger partial charge in [-0.25, -0.2) is 0 Å². The van der Waals surface area contributed by atoms with Crippen molar-refractivity contribution in [2.75, 3.05) is 0 Å². The number of rotatable bonds is 1. The van der Waals surface area contributed by atoms with Crippen molar-refractivity contribution < 1.29 is 14.8 Å². The molecule has 1 aliphatic rings. The molecule has 1 saturated heterocycles. The highest BCUT2D eigenvalue weighted by atomic mass is 16.6. The van der Waals surface area contributed by atoms with E-state index in [1.165, 1.54) is 0 Å². The summed E-state index contributed by atoms with van der Waals surface area (Å²) in [6.07, 6.45) is 2.70. The van der Waals surface area contributed by atoms with Gasteiger partial charge in [0.05, 0.1) is 0 Å². The van der Waals surface area contributed by atoms with Gasteiger partial charge in [0.15, 0.2) is 0 Å². The lowest BCUT2D eigenvalue weighted by atomic mass is 9.80. The third-order valence-electron chi connectivity index (χ3n) is 1.35. The van der Waals surface area contributed by atoms with Gasteiger partial charge in [-0.3, -0.25) is 0 Å². The van der Waals surface area contributed by atoms with Crippen LogP contribution in [0.25, 0.3) is 0 Å². The van der Waals surface area contributed by atoms with Crippen LogP contribution >= 0.6 is 0 Å². The van der Waals surface area contributed by atoms with E-state index in [0.29, 0.717) is 11.9 Å². The van der Waals surface area contributed by atoms with Crippen LogP contribution < -0.4 is 0 Å². The number of allylic oxidation sites excluding steroid dienone is 2. The molecule has 0 spiro atoms. The molecule has 0 amide bonds. The predicted molar refractivity (Wildman–Crippen MR) is 38.0 cm³/mol. The first-order valence-electron chi connectivity index (χ1n) is 3.07. The van der Waals surface area contributed by atoms with Crippen molar-refractivity contribution in [3.8, 4) is 0 Å². The number of hydrogen-bond donors (Lipinski definition) is 2. The second kappa shape index (κ2) is 3.01. The van der Waals surface area contributed by atoms with Crippen molar-refractivity contribution in [2.45, 2.75) is 12.7 Å². The number of aliphatic hydroxyl groups is 1. The van der Waals surface area contributed by atoms with Crippen molar-refractivity contribution in [3.05, 3.63) is 24.2 Å². The summed E-state index contributed by atoms with van der Waals surface area (Å²) in [7, 11) is -0.951. The highest BCUT2D eigenvalue weighted by molar-refractivity contribution is 6.53. The standard InChI is InChI=1S/C6H9BO3/c1-2-3-5-4-6(8)10-7(5)9/h2-3,6,8-9H,1,4H2/b5-3+. The first-order valence-corrected chi connectivity index (χ1v) is 3.07. The zero-order valence-electron chi connectivity index (χ0n) is 5.53. The Hall–Kier alpha value is -0.575. The van der Waals surface area contributed by atoms with E-state index >= 15 is 0 Å². The van der Waals surface area contributed by atoms with Crippen LogP contribution in [0.3, 0.4) is 0 Å². The van der Waals surface area contributed by atoms with Gasteiger partial charge in [-0.1, -0.05) is 18.7 Å². The maximum Gasteiger partial charge on any atom is 0.488 e. The molecule has 1 fully saturated rings. The molecule has 4 heteroatoms. The second-order valence-corrected chi connectivity index (χ2v) is 2.12. The van der Waals surface area contributed by atoms with E-state index in [1.54, 1.807) is 12.2 Å². The molecule has 10 heavy (non-hydrogen) atoms. The van der Waals surface area contributed by atoms with Crippen molar-refractivity contribution in [1.29, 1.82) is 0 Å². The molecule has 0 aromatic heterocycles. The normalized spacial score (nSPS) is 29.6. The highest BCUT2D eigenvalue weighted by Gasteiger charge is 2.31. The van der Waals surface area contributed by atoms with Gasteiger partial charge in [0.1, 0.15) is 6.29 Å². The highest BCUT2D eigenvalue weighted by Crippen LogP contribution is 2.18. The molecule has 1 heterocycles. The van der Waals surface area contributed by atoms with Gasteiger partial charge in [-0.15, -0.1) is 0 Å². The molecule has 2 N–H and O–H groups in total. The van der Waals surface area contributed by atoms with E-state index in [2.05, 4.69) is 11.2 Å². The molecule has 1 unspecified atom stereocenters. The fourth-order valence-corrected chi connectivity index (χ4v) is 0.888. The minimum absolute atomic E-state index is 0.368. The Kier molecular flexibility index (Phi) is 2.27. The van der Waals surface area contributed by atoms with Crippen molar-refractivity contribution >= 4 is 7.12 Å². The molecule has 0 saturated carbocycles. The summed E-state index contributed by atoms with van der Waals surface area (Å²) in [4.78, 5) is 0. The summed E-state index contributed by atoms with van der Waals surface area (Å²) in [5.41, 5.74) is 0.669. The molecule has 1 aliphatic heterocycles. The minimum atomic E-state index is -0.951.